The zero-order valence-corrected chi connectivity index (χ0v) is 17.2. The van der Waals surface area contributed by atoms with Gasteiger partial charge in [-0.3, -0.25) is 0 Å². The average molecular weight is 373 g/mol. The molecular weight excluding hydrogens is 340 g/mol. The normalized spacial score (nSPS) is 30.0. The average Bonchev–Trinajstić information content (AvgIpc) is 2.84. The van der Waals surface area contributed by atoms with Gasteiger partial charge >= 0.3 is 5.97 Å². The van der Waals surface area contributed by atoms with E-state index in [0.717, 1.165) is 42.4 Å². The van der Waals surface area contributed by atoms with Crippen LogP contribution in [0.25, 0.3) is 0 Å². The zero-order chi connectivity index (χ0) is 19.6. The Bertz CT molecular complexity index is 719. The van der Waals surface area contributed by atoms with Crippen LogP contribution in [0.2, 0.25) is 0 Å². The van der Waals surface area contributed by atoms with Gasteiger partial charge in [-0.25, -0.2) is 4.79 Å². The monoisotopic (exact) mass is 372 g/mol. The summed E-state index contributed by atoms with van der Waals surface area (Å²) in [5.74, 6) is -0.742. The van der Waals surface area contributed by atoms with Crippen molar-refractivity contribution in [2.75, 3.05) is 0 Å². The van der Waals surface area contributed by atoms with Gasteiger partial charge in [0.05, 0.1) is 17.8 Å². The molecule has 148 valence electrons. The molecule has 2 heterocycles. The lowest BCUT2D eigenvalue weighted by Crippen LogP contribution is -2.23. The van der Waals surface area contributed by atoms with E-state index in [-0.39, 0.29) is 24.3 Å². The molecule has 4 heteroatoms. The van der Waals surface area contributed by atoms with Gasteiger partial charge in [-0.1, -0.05) is 29.8 Å². The van der Waals surface area contributed by atoms with E-state index in [1.807, 2.05) is 27.7 Å². The summed E-state index contributed by atoms with van der Waals surface area (Å²) in [6.45, 7) is 9.97. The van der Waals surface area contributed by atoms with Crippen molar-refractivity contribution in [3.05, 3.63) is 46.5 Å². The number of ether oxygens (including phenoxy) is 3. The Balaban J connectivity index is 1.87. The van der Waals surface area contributed by atoms with Crippen LogP contribution in [0.4, 0.5) is 0 Å². The Morgan fingerprint density at radius 2 is 1.74 bits per heavy atom. The Morgan fingerprint density at radius 1 is 1.04 bits per heavy atom. The lowest BCUT2D eigenvalue weighted by molar-refractivity contribution is -0.146. The fourth-order valence-electron chi connectivity index (χ4n) is 4.20. The fourth-order valence-corrected chi connectivity index (χ4v) is 4.20. The number of carbonyl (C=O) groups excluding carboxylic acids is 1. The minimum absolute atomic E-state index is 0.0794. The molecule has 1 saturated heterocycles. The molecule has 1 aromatic carbocycles. The van der Waals surface area contributed by atoms with Crippen LogP contribution in [0.3, 0.4) is 0 Å². The zero-order valence-electron chi connectivity index (χ0n) is 17.2. The van der Waals surface area contributed by atoms with Gasteiger partial charge in [0.2, 0.25) is 0 Å². The van der Waals surface area contributed by atoms with Gasteiger partial charge in [0.1, 0.15) is 6.10 Å². The standard InChI is InChI=1S/C23H32O4/c1-15-13-16(2)21-18(14-15)10-8-12-20-19(26-23(4,5)27-20)11-7-6-9-17(3)25-22(21)24/h6-7,13-14,17,19-20H,8-12H2,1-5H3/b7-6-/t17?,19?,20-/m0/s1. The fraction of sp³-hybridized carbons (Fsp3) is 0.609. The maximum absolute atomic E-state index is 12.8. The summed E-state index contributed by atoms with van der Waals surface area (Å²) in [7, 11) is 0. The van der Waals surface area contributed by atoms with Crippen LogP contribution in [0, 0.1) is 13.8 Å². The highest BCUT2D eigenvalue weighted by atomic mass is 16.7. The van der Waals surface area contributed by atoms with Gasteiger partial charge in [-0.15, -0.1) is 0 Å². The number of carbonyl (C=O) groups is 1. The molecule has 0 aromatic heterocycles. The minimum atomic E-state index is -0.533. The van der Waals surface area contributed by atoms with E-state index < -0.39 is 5.79 Å². The van der Waals surface area contributed by atoms with Gasteiger partial charge in [-0.05, 0) is 71.4 Å². The number of cyclic esters (lactones) is 1. The molecule has 0 saturated carbocycles. The van der Waals surface area contributed by atoms with Crippen molar-refractivity contribution in [1.82, 2.24) is 0 Å². The highest BCUT2D eigenvalue weighted by molar-refractivity contribution is 5.93. The Kier molecular flexibility index (Phi) is 6.07. The molecule has 0 bridgehead atoms. The van der Waals surface area contributed by atoms with Crippen molar-refractivity contribution >= 4 is 5.97 Å². The van der Waals surface area contributed by atoms with Crippen LogP contribution in [-0.4, -0.2) is 30.1 Å². The Morgan fingerprint density at radius 3 is 2.52 bits per heavy atom. The first-order chi connectivity index (χ1) is 12.7. The highest BCUT2D eigenvalue weighted by Gasteiger charge is 2.40. The molecule has 4 nitrogen and oxygen atoms in total. The number of benzene rings is 1. The van der Waals surface area contributed by atoms with Crippen LogP contribution in [-0.2, 0) is 20.6 Å². The summed E-state index contributed by atoms with van der Waals surface area (Å²) in [4.78, 5) is 12.8. The molecule has 2 aliphatic rings. The number of rotatable bonds is 0. The summed E-state index contributed by atoms with van der Waals surface area (Å²) in [5, 5.41) is 0. The number of fused-ring (bicyclic) bond motifs is 2. The van der Waals surface area contributed by atoms with Crippen LogP contribution in [0.15, 0.2) is 24.3 Å². The minimum Gasteiger partial charge on any atom is -0.459 e. The lowest BCUT2D eigenvalue weighted by atomic mass is 9.93. The van der Waals surface area contributed by atoms with E-state index >= 15 is 0 Å². The Labute approximate surface area is 162 Å². The lowest BCUT2D eigenvalue weighted by Gasteiger charge is -2.19. The molecule has 27 heavy (non-hydrogen) atoms. The number of hydrogen-bond acceptors (Lipinski definition) is 4. The summed E-state index contributed by atoms with van der Waals surface area (Å²) in [5.41, 5.74) is 3.97. The second-order valence-electron chi connectivity index (χ2n) is 8.38. The predicted octanol–water partition coefficient (Wildman–Crippen LogP) is 5.04. The number of hydrogen-bond donors (Lipinski definition) is 0. The van der Waals surface area contributed by atoms with Crippen molar-refractivity contribution in [2.24, 2.45) is 0 Å². The second-order valence-corrected chi connectivity index (χ2v) is 8.38. The molecule has 0 radical (unpaired) electrons. The van der Waals surface area contributed by atoms with E-state index in [4.69, 9.17) is 14.2 Å². The van der Waals surface area contributed by atoms with Gasteiger partial charge in [0.15, 0.2) is 5.79 Å². The molecule has 2 unspecified atom stereocenters. The molecule has 1 fully saturated rings. The molecule has 3 rings (SSSR count). The summed E-state index contributed by atoms with van der Waals surface area (Å²) >= 11 is 0. The van der Waals surface area contributed by atoms with Crippen molar-refractivity contribution in [1.29, 1.82) is 0 Å². The van der Waals surface area contributed by atoms with Crippen LogP contribution < -0.4 is 0 Å². The van der Waals surface area contributed by atoms with Gasteiger partial charge < -0.3 is 14.2 Å². The molecule has 0 aliphatic carbocycles. The first kappa shape index (κ1) is 20.1. The van der Waals surface area contributed by atoms with Crippen molar-refractivity contribution in [3.63, 3.8) is 0 Å². The van der Waals surface area contributed by atoms with E-state index in [9.17, 15) is 4.79 Å². The third-order valence-corrected chi connectivity index (χ3v) is 5.30. The third kappa shape index (κ3) is 4.99. The summed E-state index contributed by atoms with van der Waals surface area (Å²) in [6.07, 6.45) is 8.45. The van der Waals surface area contributed by atoms with E-state index in [0.29, 0.717) is 6.42 Å². The van der Waals surface area contributed by atoms with Gasteiger partial charge in [0.25, 0.3) is 0 Å². The molecule has 0 spiro atoms. The largest absolute Gasteiger partial charge is 0.459 e. The Hall–Kier alpha value is -1.65. The maximum atomic E-state index is 12.8. The van der Waals surface area contributed by atoms with Crippen molar-refractivity contribution in [3.8, 4) is 0 Å². The molecule has 2 aliphatic heterocycles. The summed E-state index contributed by atoms with van der Waals surface area (Å²) < 4.78 is 18.0. The number of aryl methyl sites for hydroxylation is 3. The first-order valence-electron chi connectivity index (χ1n) is 10.1. The molecule has 0 amide bonds. The van der Waals surface area contributed by atoms with Gasteiger partial charge in [-0.2, -0.15) is 0 Å². The van der Waals surface area contributed by atoms with Crippen molar-refractivity contribution in [2.45, 2.75) is 90.8 Å². The van der Waals surface area contributed by atoms with E-state index in [1.165, 1.54) is 5.56 Å². The predicted molar refractivity (Wildman–Crippen MR) is 106 cm³/mol. The van der Waals surface area contributed by atoms with Crippen LogP contribution >= 0.6 is 0 Å². The smallest absolute Gasteiger partial charge is 0.338 e. The number of esters is 1. The third-order valence-electron chi connectivity index (χ3n) is 5.30. The summed E-state index contributed by atoms with van der Waals surface area (Å²) in [6, 6.07) is 4.17. The molecule has 1 aromatic rings. The molecular formula is C23H32O4. The molecule has 0 N–H and O–H groups in total. The SMILES string of the molecule is Cc1cc(C)c2c(c1)CCC[C@@H]1OC(C)(C)OC1C/C=C\CC(C)OC2=O. The van der Waals surface area contributed by atoms with Crippen molar-refractivity contribution < 1.29 is 19.0 Å². The first-order valence-corrected chi connectivity index (χ1v) is 10.1. The van der Waals surface area contributed by atoms with Crippen LogP contribution in [0.5, 0.6) is 0 Å². The maximum Gasteiger partial charge on any atom is 0.338 e. The van der Waals surface area contributed by atoms with Crippen LogP contribution in [0.1, 0.15) is 73.5 Å². The highest BCUT2D eigenvalue weighted by Crippen LogP contribution is 2.33. The van der Waals surface area contributed by atoms with E-state index in [1.54, 1.807) is 0 Å². The quantitative estimate of drug-likeness (QED) is 0.473. The topological polar surface area (TPSA) is 44.8 Å². The van der Waals surface area contributed by atoms with Gasteiger partial charge in [0, 0.05) is 6.42 Å². The molecule has 3 atom stereocenters. The second kappa shape index (κ2) is 8.15. The van der Waals surface area contributed by atoms with E-state index in [2.05, 4.69) is 31.2 Å².